The molecule has 2 heterocycles. The summed E-state index contributed by atoms with van der Waals surface area (Å²) in [6.45, 7) is 2.06. The molecule has 0 aliphatic heterocycles. The standard InChI is InChI=1S/C16H13N5S/c1-10-5-2-3-8-13(10)14-18-19-16-21(14)20-15(22-16)11-6-4-7-12(17)9-11/h2-9H,17H2,1H3. The molecular formula is C16H13N5S. The van der Waals surface area contributed by atoms with Crippen LogP contribution in [0.5, 0.6) is 0 Å². The molecule has 0 aliphatic carbocycles. The van der Waals surface area contributed by atoms with Gasteiger partial charge in [0, 0.05) is 16.8 Å². The smallest absolute Gasteiger partial charge is 0.235 e. The lowest BCUT2D eigenvalue weighted by Gasteiger charge is -2.01. The van der Waals surface area contributed by atoms with E-state index in [1.165, 1.54) is 11.3 Å². The Balaban J connectivity index is 1.88. The molecular weight excluding hydrogens is 294 g/mol. The molecule has 4 rings (SSSR count). The van der Waals surface area contributed by atoms with Gasteiger partial charge in [-0.3, -0.25) is 0 Å². The number of hydrogen-bond donors (Lipinski definition) is 1. The minimum Gasteiger partial charge on any atom is -0.399 e. The molecule has 2 aromatic carbocycles. The number of nitrogens with zero attached hydrogens (tertiary/aromatic N) is 4. The third-order valence-electron chi connectivity index (χ3n) is 3.51. The van der Waals surface area contributed by atoms with Gasteiger partial charge in [-0.2, -0.15) is 9.61 Å². The van der Waals surface area contributed by atoms with E-state index in [4.69, 9.17) is 5.73 Å². The van der Waals surface area contributed by atoms with Gasteiger partial charge in [-0.25, -0.2) is 0 Å². The molecule has 6 heteroatoms. The second-order valence-corrected chi connectivity index (χ2v) is 6.02. The van der Waals surface area contributed by atoms with E-state index in [-0.39, 0.29) is 0 Å². The Kier molecular flexibility index (Phi) is 2.90. The van der Waals surface area contributed by atoms with Gasteiger partial charge in [-0.1, -0.05) is 47.7 Å². The summed E-state index contributed by atoms with van der Waals surface area (Å²) >= 11 is 1.50. The van der Waals surface area contributed by atoms with Crippen LogP contribution in [-0.4, -0.2) is 19.8 Å². The molecule has 0 spiro atoms. The lowest BCUT2D eigenvalue weighted by molar-refractivity contribution is 0.969. The van der Waals surface area contributed by atoms with Crippen LogP contribution in [0.25, 0.3) is 26.9 Å². The van der Waals surface area contributed by atoms with Crippen molar-refractivity contribution in [3.63, 3.8) is 0 Å². The quantitative estimate of drug-likeness (QED) is 0.576. The molecule has 0 saturated heterocycles. The second kappa shape index (κ2) is 4.92. The molecule has 0 amide bonds. The fourth-order valence-electron chi connectivity index (χ4n) is 2.40. The van der Waals surface area contributed by atoms with E-state index >= 15 is 0 Å². The largest absolute Gasteiger partial charge is 0.399 e. The number of nitrogen functional groups attached to an aromatic ring is 1. The Bertz CT molecular complexity index is 970. The molecule has 2 aromatic heterocycles. The zero-order valence-corrected chi connectivity index (χ0v) is 12.7. The van der Waals surface area contributed by atoms with Gasteiger partial charge in [0.1, 0.15) is 5.01 Å². The summed E-state index contributed by atoms with van der Waals surface area (Å²) in [6, 6.07) is 15.8. The number of aryl methyl sites for hydroxylation is 1. The van der Waals surface area contributed by atoms with Crippen molar-refractivity contribution >= 4 is 22.0 Å². The zero-order chi connectivity index (χ0) is 15.1. The van der Waals surface area contributed by atoms with Crippen molar-refractivity contribution in [2.75, 3.05) is 5.73 Å². The van der Waals surface area contributed by atoms with Gasteiger partial charge in [0.25, 0.3) is 0 Å². The average Bonchev–Trinajstić information content (AvgIpc) is 3.08. The van der Waals surface area contributed by atoms with Gasteiger partial charge < -0.3 is 5.73 Å². The number of hydrogen-bond acceptors (Lipinski definition) is 5. The van der Waals surface area contributed by atoms with Gasteiger partial charge in [-0.15, -0.1) is 10.2 Å². The highest BCUT2D eigenvalue weighted by atomic mass is 32.1. The van der Waals surface area contributed by atoms with Crippen LogP contribution in [0.4, 0.5) is 5.69 Å². The van der Waals surface area contributed by atoms with Crippen molar-refractivity contribution in [3.8, 4) is 22.0 Å². The first-order valence-electron chi connectivity index (χ1n) is 6.86. The van der Waals surface area contributed by atoms with Crippen LogP contribution in [0.3, 0.4) is 0 Å². The minimum absolute atomic E-state index is 0.725. The van der Waals surface area contributed by atoms with Gasteiger partial charge in [0.15, 0.2) is 5.82 Å². The Morgan fingerprint density at radius 1 is 1.05 bits per heavy atom. The summed E-state index contributed by atoms with van der Waals surface area (Å²) in [4.78, 5) is 0.774. The number of fused-ring (bicyclic) bond motifs is 1. The maximum atomic E-state index is 5.85. The first-order valence-corrected chi connectivity index (χ1v) is 7.68. The highest BCUT2D eigenvalue weighted by Gasteiger charge is 2.15. The lowest BCUT2D eigenvalue weighted by atomic mass is 10.1. The third-order valence-corrected chi connectivity index (χ3v) is 4.46. The summed E-state index contributed by atoms with van der Waals surface area (Å²) < 4.78 is 1.80. The Morgan fingerprint density at radius 2 is 1.91 bits per heavy atom. The minimum atomic E-state index is 0.725. The molecule has 0 unspecified atom stereocenters. The predicted molar refractivity (Wildman–Crippen MR) is 88.7 cm³/mol. The number of aromatic nitrogens is 4. The SMILES string of the molecule is Cc1ccccc1-c1nnc2sc(-c3cccc(N)c3)nn12. The summed E-state index contributed by atoms with van der Waals surface area (Å²) in [6.07, 6.45) is 0. The molecule has 0 atom stereocenters. The number of benzene rings is 2. The maximum Gasteiger partial charge on any atom is 0.235 e. The van der Waals surface area contributed by atoms with Gasteiger partial charge in [0.05, 0.1) is 0 Å². The molecule has 2 N–H and O–H groups in total. The summed E-state index contributed by atoms with van der Waals surface area (Å²) in [7, 11) is 0. The van der Waals surface area contributed by atoms with Gasteiger partial charge in [-0.05, 0) is 24.6 Å². The fourth-order valence-corrected chi connectivity index (χ4v) is 3.23. The Morgan fingerprint density at radius 3 is 2.73 bits per heavy atom. The summed E-state index contributed by atoms with van der Waals surface area (Å²) in [5.74, 6) is 0.763. The maximum absolute atomic E-state index is 5.85. The van der Waals surface area contributed by atoms with E-state index in [9.17, 15) is 0 Å². The molecule has 0 bridgehead atoms. The molecule has 0 saturated carbocycles. The van der Waals surface area contributed by atoms with Crippen LogP contribution in [-0.2, 0) is 0 Å². The van der Waals surface area contributed by atoms with E-state index in [1.54, 1.807) is 4.52 Å². The van der Waals surface area contributed by atoms with Crippen molar-refractivity contribution in [1.82, 2.24) is 19.8 Å². The van der Waals surface area contributed by atoms with E-state index in [0.29, 0.717) is 0 Å². The molecule has 5 nitrogen and oxygen atoms in total. The van der Waals surface area contributed by atoms with Crippen LogP contribution in [0, 0.1) is 6.92 Å². The zero-order valence-electron chi connectivity index (χ0n) is 11.9. The fraction of sp³-hybridized carbons (Fsp3) is 0.0625. The number of rotatable bonds is 2. The molecule has 0 radical (unpaired) electrons. The van der Waals surface area contributed by atoms with E-state index in [0.717, 1.165) is 38.2 Å². The van der Waals surface area contributed by atoms with Crippen LogP contribution < -0.4 is 5.73 Å². The van der Waals surface area contributed by atoms with Crippen molar-refractivity contribution < 1.29 is 0 Å². The normalized spacial score (nSPS) is 11.1. The van der Waals surface area contributed by atoms with Crippen LogP contribution >= 0.6 is 11.3 Å². The predicted octanol–water partition coefficient (Wildman–Crippen LogP) is 3.41. The van der Waals surface area contributed by atoms with Crippen LogP contribution in [0.1, 0.15) is 5.56 Å². The van der Waals surface area contributed by atoms with Crippen molar-refractivity contribution in [2.24, 2.45) is 0 Å². The van der Waals surface area contributed by atoms with E-state index in [2.05, 4.69) is 28.3 Å². The van der Waals surface area contributed by atoms with Crippen molar-refractivity contribution in [3.05, 3.63) is 54.1 Å². The first kappa shape index (κ1) is 13.0. The monoisotopic (exact) mass is 307 g/mol. The van der Waals surface area contributed by atoms with Crippen molar-refractivity contribution in [1.29, 1.82) is 0 Å². The molecule has 0 fully saturated rings. The third kappa shape index (κ3) is 2.05. The van der Waals surface area contributed by atoms with Crippen molar-refractivity contribution in [2.45, 2.75) is 6.92 Å². The topological polar surface area (TPSA) is 69.1 Å². The first-order chi connectivity index (χ1) is 10.7. The number of nitrogens with two attached hydrogens (primary N) is 1. The van der Waals surface area contributed by atoms with Gasteiger partial charge in [0.2, 0.25) is 4.96 Å². The number of anilines is 1. The molecule has 22 heavy (non-hydrogen) atoms. The van der Waals surface area contributed by atoms with E-state index in [1.807, 2.05) is 42.5 Å². The highest BCUT2D eigenvalue weighted by Crippen LogP contribution is 2.29. The second-order valence-electron chi connectivity index (χ2n) is 5.07. The highest BCUT2D eigenvalue weighted by molar-refractivity contribution is 7.19. The molecule has 108 valence electrons. The lowest BCUT2D eigenvalue weighted by Crippen LogP contribution is -1.93. The Hall–Kier alpha value is -2.73. The summed E-state index contributed by atoms with van der Waals surface area (Å²) in [5.41, 5.74) is 9.75. The van der Waals surface area contributed by atoms with Crippen LogP contribution in [0.2, 0.25) is 0 Å². The average molecular weight is 307 g/mol. The van der Waals surface area contributed by atoms with E-state index < -0.39 is 0 Å². The Labute approximate surface area is 131 Å². The summed E-state index contributed by atoms with van der Waals surface area (Å²) in [5, 5.41) is 14.1. The molecule has 4 aromatic rings. The molecule has 0 aliphatic rings. The van der Waals surface area contributed by atoms with Crippen LogP contribution in [0.15, 0.2) is 48.5 Å². The van der Waals surface area contributed by atoms with Gasteiger partial charge >= 0.3 is 0 Å².